The molecule has 3 N–H and O–H groups in total. The number of H-pyrrole nitrogens is 1. The van der Waals surface area contributed by atoms with Crippen LogP contribution in [-0.4, -0.2) is 4.98 Å². The van der Waals surface area contributed by atoms with Crippen LogP contribution in [0, 0.1) is 0 Å². The summed E-state index contributed by atoms with van der Waals surface area (Å²) < 4.78 is 0. The Hall–Kier alpha value is -2.06. The zero-order chi connectivity index (χ0) is 12.8. The molecule has 0 aliphatic heterocycles. The first kappa shape index (κ1) is 10.8. The minimum absolute atomic E-state index is 0.162. The van der Waals surface area contributed by atoms with E-state index in [0.717, 1.165) is 6.42 Å². The number of aromatic nitrogens is 1. The fraction of sp³-hybridized carbons (Fsp3) is 0.176. The molecule has 0 spiro atoms. The molecule has 0 radical (unpaired) electrons. The molecule has 0 fully saturated rings. The summed E-state index contributed by atoms with van der Waals surface area (Å²) in [7, 11) is 0. The fourth-order valence-corrected chi connectivity index (χ4v) is 3.35. The van der Waals surface area contributed by atoms with Crippen LogP contribution in [-0.2, 0) is 0 Å². The third kappa shape index (κ3) is 1.53. The highest BCUT2D eigenvalue weighted by Gasteiger charge is 2.30. The van der Waals surface area contributed by atoms with Crippen molar-refractivity contribution in [1.82, 2.24) is 4.98 Å². The van der Waals surface area contributed by atoms with E-state index < -0.39 is 0 Å². The van der Waals surface area contributed by atoms with Crippen molar-refractivity contribution in [3.63, 3.8) is 0 Å². The monoisotopic (exact) mass is 248 g/mol. The molecule has 1 aromatic heterocycles. The van der Waals surface area contributed by atoms with Crippen LogP contribution in [0.2, 0.25) is 0 Å². The van der Waals surface area contributed by atoms with Gasteiger partial charge in [-0.15, -0.1) is 0 Å². The van der Waals surface area contributed by atoms with Crippen LogP contribution in [0.4, 0.5) is 0 Å². The number of nitrogens with two attached hydrogens (primary N) is 1. The third-order valence-electron chi connectivity index (χ3n) is 4.26. The van der Waals surface area contributed by atoms with Crippen LogP contribution in [0.1, 0.15) is 35.1 Å². The van der Waals surface area contributed by atoms with Crippen LogP contribution < -0.4 is 5.73 Å². The summed E-state index contributed by atoms with van der Waals surface area (Å²) in [5.74, 6) is 0.419. The molecule has 2 unspecified atom stereocenters. The van der Waals surface area contributed by atoms with Crippen LogP contribution >= 0.6 is 0 Å². The number of rotatable bonds is 1. The van der Waals surface area contributed by atoms with Crippen LogP contribution in [0.3, 0.4) is 0 Å². The molecular formula is C17H16N2. The van der Waals surface area contributed by atoms with Crippen molar-refractivity contribution in [2.45, 2.75) is 18.4 Å². The lowest BCUT2D eigenvalue weighted by Gasteiger charge is -2.10. The molecule has 1 aliphatic carbocycles. The van der Waals surface area contributed by atoms with Gasteiger partial charge in [-0.3, -0.25) is 0 Å². The summed E-state index contributed by atoms with van der Waals surface area (Å²) in [6, 6.07) is 17.2. The molecule has 1 heterocycles. The Morgan fingerprint density at radius 3 is 2.53 bits per heavy atom. The van der Waals surface area contributed by atoms with Gasteiger partial charge in [0.1, 0.15) is 0 Å². The first-order valence-corrected chi connectivity index (χ1v) is 6.75. The Kier molecular flexibility index (Phi) is 2.26. The van der Waals surface area contributed by atoms with E-state index in [4.69, 9.17) is 5.73 Å². The molecule has 0 saturated heterocycles. The standard InChI is InChI=1S/C17H16N2/c18-16-9-14(11-5-1-2-6-12(11)16)15-10-19-17-8-4-3-7-13(15)17/h1-8,10,14,16,19H,9,18H2. The average molecular weight is 248 g/mol. The maximum absolute atomic E-state index is 6.28. The lowest BCUT2D eigenvalue weighted by Crippen LogP contribution is -2.05. The van der Waals surface area contributed by atoms with Gasteiger partial charge in [-0.05, 0) is 29.2 Å². The zero-order valence-electron chi connectivity index (χ0n) is 10.6. The summed E-state index contributed by atoms with van der Waals surface area (Å²) in [6.45, 7) is 0. The van der Waals surface area contributed by atoms with E-state index in [0.29, 0.717) is 5.92 Å². The van der Waals surface area contributed by atoms with Crippen LogP contribution in [0.5, 0.6) is 0 Å². The Morgan fingerprint density at radius 2 is 1.63 bits per heavy atom. The highest BCUT2D eigenvalue weighted by atomic mass is 14.7. The van der Waals surface area contributed by atoms with Crippen molar-refractivity contribution in [2.24, 2.45) is 5.73 Å². The number of fused-ring (bicyclic) bond motifs is 2. The molecule has 2 aromatic carbocycles. The van der Waals surface area contributed by atoms with Gasteiger partial charge in [0.25, 0.3) is 0 Å². The molecule has 2 atom stereocenters. The van der Waals surface area contributed by atoms with E-state index in [9.17, 15) is 0 Å². The predicted octanol–water partition coefficient (Wildman–Crippen LogP) is 3.70. The molecule has 94 valence electrons. The lowest BCUT2D eigenvalue weighted by molar-refractivity contribution is 0.664. The van der Waals surface area contributed by atoms with Gasteiger partial charge >= 0.3 is 0 Å². The van der Waals surface area contributed by atoms with Gasteiger partial charge in [-0.1, -0.05) is 42.5 Å². The quantitative estimate of drug-likeness (QED) is 0.677. The molecule has 19 heavy (non-hydrogen) atoms. The van der Waals surface area contributed by atoms with E-state index in [1.807, 2.05) is 0 Å². The number of nitrogens with one attached hydrogen (secondary N) is 1. The average Bonchev–Trinajstić information content (AvgIpc) is 3.01. The minimum atomic E-state index is 0.162. The smallest absolute Gasteiger partial charge is 0.0457 e. The van der Waals surface area contributed by atoms with Crippen molar-refractivity contribution in [1.29, 1.82) is 0 Å². The van der Waals surface area contributed by atoms with Crippen LogP contribution in [0.15, 0.2) is 54.7 Å². The molecule has 0 amide bonds. The first-order chi connectivity index (χ1) is 9.34. The lowest BCUT2D eigenvalue weighted by atomic mass is 9.93. The Morgan fingerprint density at radius 1 is 0.895 bits per heavy atom. The molecule has 0 bridgehead atoms. The highest BCUT2D eigenvalue weighted by Crippen LogP contribution is 2.44. The number of benzene rings is 2. The zero-order valence-corrected chi connectivity index (χ0v) is 10.6. The summed E-state index contributed by atoms with van der Waals surface area (Å²) >= 11 is 0. The van der Waals surface area contributed by atoms with Crippen molar-refractivity contribution < 1.29 is 0 Å². The van der Waals surface area contributed by atoms with Gasteiger partial charge < -0.3 is 10.7 Å². The van der Waals surface area contributed by atoms with E-state index in [1.165, 1.54) is 27.6 Å². The van der Waals surface area contributed by atoms with E-state index >= 15 is 0 Å². The molecule has 0 saturated carbocycles. The van der Waals surface area contributed by atoms with Crippen molar-refractivity contribution in [3.8, 4) is 0 Å². The fourth-order valence-electron chi connectivity index (χ4n) is 3.35. The van der Waals surface area contributed by atoms with E-state index in [1.54, 1.807) is 0 Å². The second-order valence-corrected chi connectivity index (χ2v) is 5.31. The van der Waals surface area contributed by atoms with Gasteiger partial charge in [-0.2, -0.15) is 0 Å². The van der Waals surface area contributed by atoms with Gasteiger partial charge in [-0.25, -0.2) is 0 Å². The summed E-state index contributed by atoms with van der Waals surface area (Å²) in [5, 5.41) is 1.32. The number of aromatic amines is 1. The summed E-state index contributed by atoms with van der Waals surface area (Å²) in [6.07, 6.45) is 3.14. The topological polar surface area (TPSA) is 41.8 Å². The minimum Gasteiger partial charge on any atom is -0.361 e. The predicted molar refractivity (Wildman–Crippen MR) is 78.1 cm³/mol. The van der Waals surface area contributed by atoms with E-state index in [2.05, 4.69) is 59.7 Å². The van der Waals surface area contributed by atoms with Crippen molar-refractivity contribution in [2.75, 3.05) is 0 Å². The molecule has 1 aliphatic rings. The van der Waals surface area contributed by atoms with Crippen molar-refractivity contribution in [3.05, 3.63) is 71.4 Å². The molecule has 3 aromatic rings. The highest BCUT2D eigenvalue weighted by molar-refractivity contribution is 5.84. The second kappa shape index (κ2) is 3.97. The van der Waals surface area contributed by atoms with Gasteiger partial charge in [0.15, 0.2) is 0 Å². The maximum Gasteiger partial charge on any atom is 0.0457 e. The molecule has 2 heteroatoms. The Labute approximate surface area is 112 Å². The summed E-state index contributed by atoms with van der Waals surface area (Å²) in [5.41, 5.74) is 11.5. The second-order valence-electron chi connectivity index (χ2n) is 5.31. The number of hydrogen-bond acceptors (Lipinski definition) is 1. The third-order valence-corrected chi connectivity index (χ3v) is 4.26. The number of hydrogen-bond donors (Lipinski definition) is 2. The first-order valence-electron chi connectivity index (χ1n) is 6.75. The maximum atomic E-state index is 6.28. The normalized spacial score (nSPS) is 21.7. The van der Waals surface area contributed by atoms with Gasteiger partial charge in [0.05, 0.1) is 0 Å². The molecule has 2 nitrogen and oxygen atoms in total. The summed E-state index contributed by atoms with van der Waals surface area (Å²) in [4.78, 5) is 3.37. The molecular weight excluding hydrogens is 232 g/mol. The Bertz CT molecular complexity index is 742. The van der Waals surface area contributed by atoms with Gasteiger partial charge in [0.2, 0.25) is 0 Å². The number of para-hydroxylation sites is 1. The Balaban J connectivity index is 1.90. The van der Waals surface area contributed by atoms with Crippen LogP contribution in [0.25, 0.3) is 10.9 Å². The SMILES string of the molecule is NC1CC(c2c[nH]c3ccccc23)c2ccccc21. The largest absolute Gasteiger partial charge is 0.361 e. The molecule has 4 rings (SSSR count). The van der Waals surface area contributed by atoms with E-state index in [-0.39, 0.29) is 6.04 Å². The van der Waals surface area contributed by atoms with Gasteiger partial charge in [0, 0.05) is 29.1 Å². The van der Waals surface area contributed by atoms with Crippen molar-refractivity contribution >= 4 is 10.9 Å².